The predicted octanol–water partition coefficient (Wildman–Crippen LogP) is 0.0588. The molecule has 148 valence electrons. The first-order valence-electron chi connectivity index (χ1n) is 7.61. The van der Waals surface area contributed by atoms with Crippen LogP contribution in [0.4, 0.5) is 17.6 Å². The number of nitrogen functional groups attached to an aromatic ring is 1. The van der Waals surface area contributed by atoms with Crippen molar-refractivity contribution in [2.24, 2.45) is 0 Å². The summed E-state index contributed by atoms with van der Waals surface area (Å²) < 4.78 is 53.4. The molecule has 0 aliphatic rings. The fraction of sp³-hybridized carbons (Fsp3) is 0.357. The molecule has 0 aliphatic carbocycles. The molecule has 1 heterocycles. The quantitative estimate of drug-likeness (QED) is 0.602. The van der Waals surface area contributed by atoms with E-state index in [4.69, 9.17) is 10.5 Å². The van der Waals surface area contributed by atoms with Gasteiger partial charge in [-0.15, -0.1) is 0 Å². The van der Waals surface area contributed by atoms with Crippen LogP contribution in [0.2, 0.25) is 0 Å². The highest BCUT2D eigenvalue weighted by molar-refractivity contribution is 8.09. The van der Waals surface area contributed by atoms with Gasteiger partial charge in [-0.3, -0.25) is 0 Å². The van der Waals surface area contributed by atoms with Crippen LogP contribution in [-0.4, -0.2) is 56.9 Å². The summed E-state index contributed by atoms with van der Waals surface area (Å²) in [5.41, 5.74) is 5.44. The molecule has 1 atom stereocenters. The summed E-state index contributed by atoms with van der Waals surface area (Å²) in [6.45, 7) is 1.98. The molecule has 2 aromatic rings. The lowest BCUT2D eigenvalue weighted by atomic mass is 10.3. The van der Waals surface area contributed by atoms with Gasteiger partial charge in [-0.05, 0) is 19.1 Å². The molecule has 11 nitrogen and oxygen atoms in total. The summed E-state index contributed by atoms with van der Waals surface area (Å²) in [6, 6.07) is 5.55. The molecule has 0 aliphatic heterocycles. The van der Waals surface area contributed by atoms with Crippen LogP contribution >= 0.6 is 0 Å². The molecule has 1 aromatic carbocycles. The smallest absolute Gasteiger partial charge is 0.245 e. The second kappa shape index (κ2) is 7.92. The summed E-state index contributed by atoms with van der Waals surface area (Å²) in [4.78, 5) is 11.5. The van der Waals surface area contributed by atoms with Crippen LogP contribution in [0.1, 0.15) is 6.92 Å². The molecule has 0 radical (unpaired) electrons. The van der Waals surface area contributed by atoms with E-state index in [0.29, 0.717) is 9.46 Å². The van der Waals surface area contributed by atoms with Crippen molar-refractivity contribution in [3.8, 4) is 5.75 Å². The van der Waals surface area contributed by atoms with E-state index in [-0.39, 0.29) is 30.2 Å². The number of ether oxygens (including phenoxy) is 1. The number of hydrogen-bond donors (Lipinski definition) is 2. The van der Waals surface area contributed by atoms with Crippen molar-refractivity contribution in [3.63, 3.8) is 0 Å². The third-order valence-corrected chi connectivity index (χ3v) is 6.35. The van der Waals surface area contributed by atoms with Gasteiger partial charge in [0.25, 0.3) is 0 Å². The Kier molecular flexibility index (Phi) is 6.05. The molecular weight excluding hydrogens is 396 g/mol. The van der Waals surface area contributed by atoms with Crippen molar-refractivity contribution >= 4 is 37.6 Å². The van der Waals surface area contributed by atoms with E-state index in [1.807, 2.05) is 6.92 Å². The first kappa shape index (κ1) is 20.6. The maximum atomic E-state index is 11.9. The van der Waals surface area contributed by atoms with Crippen molar-refractivity contribution in [3.05, 3.63) is 30.6 Å². The summed E-state index contributed by atoms with van der Waals surface area (Å²) in [5.74, 6) is 0.663. The van der Waals surface area contributed by atoms with E-state index in [1.165, 1.54) is 24.5 Å². The number of rotatable bonds is 8. The van der Waals surface area contributed by atoms with Gasteiger partial charge in [-0.25, -0.2) is 26.8 Å². The van der Waals surface area contributed by atoms with Crippen molar-refractivity contribution < 1.29 is 21.6 Å². The molecule has 3 N–H and O–H groups in total. The normalized spacial score (nSPS) is 13.0. The minimum atomic E-state index is -4.03. The van der Waals surface area contributed by atoms with Crippen LogP contribution in [0, 0.1) is 0 Å². The Hall–Kier alpha value is -2.67. The summed E-state index contributed by atoms with van der Waals surface area (Å²) in [7, 11) is -8.05. The van der Waals surface area contributed by atoms with Gasteiger partial charge >= 0.3 is 0 Å². The summed E-state index contributed by atoms with van der Waals surface area (Å²) in [6.07, 6.45) is 2.90. The SMILES string of the molecule is CC(COc1cccc(N(S(C)(=O)=O)S(C)(=O)=O)c1)Nc1ncnc(N)n1. The number of aromatic nitrogens is 3. The van der Waals surface area contributed by atoms with Gasteiger partial charge in [0.15, 0.2) is 0 Å². The molecule has 0 amide bonds. The number of sulfonamides is 2. The van der Waals surface area contributed by atoms with Gasteiger partial charge in [0, 0.05) is 6.07 Å². The minimum absolute atomic E-state index is 0.0386. The van der Waals surface area contributed by atoms with E-state index in [0.717, 1.165) is 12.5 Å². The monoisotopic (exact) mass is 416 g/mol. The largest absolute Gasteiger partial charge is 0.491 e. The Labute approximate surface area is 157 Å². The van der Waals surface area contributed by atoms with Gasteiger partial charge in [0.1, 0.15) is 18.7 Å². The van der Waals surface area contributed by atoms with E-state index >= 15 is 0 Å². The lowest BCUT2D eigenvalue weighted by Crippen LogP contribution is -2.35. The molecule has 2 rings (SSSR count). The molecule has 1 unspecified atom stereocenters. The van der Waals surface area contributed by atoms with Crippen LogP contribution in [-0.2, 0) is 20.0 Å². The predicted molar refractivity (Wildman–Crippen MR) is 101 cm³/mol. The highest BCUT2D eigenvalue weighted by atomic mass is 32.3. The molecule has 27 heavy (non-hydrogen) atoms. The van der Waals surface area contributed by atoms with Crippen LogP contribution < -0.4 is 19.5 Å². The Bertz CT molecular complexity index is 980. The fourth-order valence-electron chi connectivity index (χ4n) is 2.18. The van der Waals surface area contributed by atoms with Crippen molar-refractivity contribution in [1.82, 2.24) is 15.0 Å². The molecular formula is C14H20N6O5S2. The summed E-state index contributed by atoms with van der Waals surface area (Å²) in [5, 5.41) is 2.97. The van der Waals surface area contributed by atoms with Gasteiger partial charge in [-0.1, -0.05) is 6.07 Å². The van der Waals surface area contributed by atoms with Crippen LogP contribution in [0.25, 0.3) is 0 Å². The molecule has 0 fully saturated rings. The van der Waals surface area contributed by atoms with Gasteiger partial charge in [0.2, 0.25) is 31.9 Å². The van der Waals surface area contributed by atoms with E-state index < -0.39 is 20.0 Å². The second-order valence-electron chi connectivity index (χ2n) is 5.74. The lowest BCUT2D eigenvalue weighted by molar-refractivity contribution is 0.303. The van der Waals surface area contributed by atoms with Crippen LogP contribution in [0.3, 0.4) is 0 Å². The molecule has 0 bridgehead atoms. The van der Waals surface area contributed by atoms with Gasteiger partial charge in [-0.2, -0.15) is 8.69 Å². The molecule has 1 aromatic heterocycles. The Balaban J connectivity index is 2.11. The number of anilines is 3. The first-order valence-corrected chi connectivity index (χ1v) is 11.3. The highest BCUT2D eigenvalue weighted by Gasteiger charge is 2.27. The number of nitrogens with two attached hydrogens (primary N) is 1. The van der Waals surface area contributed by atoms with Crippen molar-refractivity contribution in [2.45, 2.75) is 13.0 Å². The average Bonchev–Trinajstić information content (AvgIpc) is 2.50. The molecule has 0 saturated carbocycles. The third kappa shape index (κ3) is 5.92. The van der Waals surface area contributed by atoms with E-state index in [2.05, 4.69) is 20.3 Å². The standard InChI is InChI=1S/C14H20N6O5S2/c1-10(18-14-17-9-16-13(15)19-14)8-25-12-6-4-5-11(7-12)20(26(2,21)22)27(3,23)24/h4-7,9-10H,8H2,1-3H3,(H3,15,16,17,18,19). The zero-order valence-corrected chi connectivity index (χ0v) is 16.5. The zero-order chi connectivity index (χ0) is 20.2. The van der Waals surface area contributed by atoms with Gasteiger partial charge < -0.3 is 15.8 Å². The average molecular weight is 416 g/mol. The number of nitrogens with zero attached hydrogens (tertiary/aromatic N) is 4. The minimum Gasteiger partial charge on any atom is -0.491 e. The van der Waals surface area contributed by atoms with Crippen LogP contribution in [0.5, 0.6) is 5.75 Å². The maximum absolute atomic E-state index is 11.9. The Morgan fingerprint density at radius 2 is 1.85 bits per heavy atom. The van der Waals surface area contributed by atoms with Gasteiger partial charge in [0.05, 0.1) is 24.2 Å². The highest BCUT2D eigenvalue weighted by Crippen LogP contribution is 2.25. The molecule has 0 saturated heterocycles. The first-order chi connectivity index (χ1) is 12.5. The lowest BCUT2D eigenvalue weighted by Gasteiger charge is -2.21. The third-order valence-electron chi connectivity index (χ3n) is 3.10. The number of nitrogens with one attached hydrogen (secondary N) is 1. The zero-order valence-electron chi connectivity index (χ0n) is 14.9. The Morgan fingerprint density at radius 3 is 2.44 bits per heavy atom. The van der Waals surface area contributed by atoms with Crippen molar-refractivity contribution in [2.75, 3.05) is 33.9 Å². The Morgan fingerprint density at radius 1 is 1.19 bits per heavy atom. The van der Waals surface area contributed by atoms with E-state index in [1.54, 1.807) is 6.07 Å². The second-order valence-corrected chi connectivity index (χ2v) is 9.64. The number of hydrogen-bond acceptors (Lipinski definition) is 10. The van der Waals surface area contributed by atoms with Crippen molar-refractivity contribution in [1.29, 1.82) is 0 Å². The van der Waals surface area contributed by atoms with Crippen LogP contribution in [0.15, 0.2) is 30.6 Å². The molecule has 0 spiro atoms. The van der Waals surface area contributed by atoms with E-state index in [9.17, 15) is 16.8 Å². The maximum Gasteiger partial charge on any atom is 0.245 e. The fourth-order valence-corrected chi connectivity index (χ4v) is 5.14. The molecule has 13 heteroatoms. The number of benzene rings is 1. The summed E-state index contributed by atoms with van der Waals surface area (Å²) >= 11 is 0. The topological polar surface area (TPSA) is 157 Å².